The van der Waals surface area contributed by atoms with E-state index in [0.717, 1.165) is 26.8 Å². The molecule has 6 nitrogen and oxygen atoms in total. The molecule has 2 aromatic heterocycles. The third-order valence-electron chi connectivity index (χ3n) is 5.01. The van der Waals surface area contributed by atoms with Crippen LogP contribution in [0.1, 0.15) is 5.82 Å². The summed E-state index contributed by atoms with van der Waals surface area (Å²) < 4.78 is 11.8. The number of benzene rings is 2. The molecule has 0 saturated carbocycles. The first-order valence-electron chi connectivity index (χ1n) is 9.81. The number of hydrogen-bond acceptors (Lipinski definition) is 6. The van der Waals surface area contributed by atoms with E-state index in [4.69, 9.17) is 14.5 Å². The maximum Gasteiger partial charge on any atom is 0.259 e. The summed E-state index contributed by atoms with van der Waals surface area (Å²) in [6.45, 7) is 1.68. The molecule has 5 rings (SSSR count). The largest absolute Gasteiger partial charge is 0.486 e. The third kappa shape index (κ3) is 3.81. The summed E-state index contributed by atoms with van der Waals surface area (Å²) >= 11 is 1.54. The van der Waals surface area contributed by atoms with E-state index in [1.807, 2.05) is 67.7 Å². The van der Waals surface area contributed by atoms with Gasteiger partial charge in [0.05, 0.1) is 11.9 Å². The number of nitrogens with zero attached hydrogens (tertiary/aromatic N) is 2. The number of hydrogen-bond donors (Lipinski definition) is 1. The molecule has 2 aromatic carbocycles. The summed E-state index contributed by atoms with van der Waals surface area (Å²) in [6.07, 6.45) is -0.0771. The summed E-state index contributed by atoms with van der Waals surface area (Å²) in [5.74, 6) is 2.19. The molecular formula is C23H21N3O3S. The van der Waals surface area contributed by atoms with E-state index in [9.17, 15) is 4.79 Å². The van der Waals surface area contributed by atoms with Gasteiger partial charge in [-0.15, -0.1) is 11.3 Å². The fourth-order valence-corrected chi connectivity index (χ4v) is 4.67. The molecule has 152 valence electrons. The highest BCUT2D eigenvalue weighted by molar-refractivity contribution is 7.21. The second-order valence-corrected chi connectivity index (χ2v) is 8.43. The van der Waals surface area contributed by atoms with Gasteiger partial charge in [0, 0.05) is 11.4 Å². The van der Waals surface area contributed by atoms with E-state index in [-0.39, 0.29) is 11.7 Å². The lowest BCUT2D eigenvalue weighted by atomic mass is 10.2. The molecule has 1 aliphatic heterocycles. The minimum atomic E-state index is -0.104. The molecule has 0 saturated heterocycles. The molecule has 0 radical (unpaired) electrons. The van der Waals surface area contributed by atoms with Gasteiger partial charge in [0.2, 0.25) is 0 Å². The van der Waals surface area contributed by atoms with Crippen molar-refractivity contribution in [3.8, 4) is 21.9 Å². The van der Waals surface area contributed by atoms with Crippen LogP contribution >= 0.6 is 11.3 Å². The number of aromatic amines is 1. The maximum absolute atomic E-state index is 12.6. The van der Waals surface area contributed by atoms with Crippen molar-refractivity contribution < 1.29 is 9.47 Å². The average Bonchev–Trinajstić information content (AvgIpc) is 3.19. The molecule has 1 N–H and O–H groups in total. The number of ether oxygens (including phenoxy) is 2. The molecular weight excluding hydrogens is 398 g/mol. The molecule has 0 bridgehead atoms. The van der Waals surface area contributed by atoms with Crippen LogP contribution in [0.4, 0.5) is 0 Å². The molecule has 1 atom stereocenters. The molecule has 0 spiro atoms. The molecule has 0 aliphatic carbocycles. The number of H-pyrrole nitrogens is 1. The van der Waals surface area contributed by atoms with Crippen LogP contribution in [-0.2, 0) is 6.54 Å². The maximum atomic E-state index is 12.6. The van der Waals surface area contributed by atoms with Crippen molar-refractivity contribution in [3.63, 3.8) is 0 Å². The molecule has 0 fully saturated rings. The highest BCUT2D eigenvalue weighted by atomic mass is 32.1. The van der Waals surface area contributed by atoms with Crippen molar-refractivity contribution in [1.29, 1.82) is 0 Å². The van der Waals surface area contributed by atoms with Crippen LogP contribution < -0.4 is 15.0 Å². The fraction of sp³-hybridized carbons (Fsp3) is 0.217. The topological polar surface area (TPSA) is 67.5 Å². The van der Waals surface area contributed by atoms with Crippen LogP contribution in [0, 0.1) is 0 Å². The summed E-state index contributed by atoms with van der Waals surface area (Å²) in [5.41, 5.74) is 0.987. The molecule has 4 aromatic rings. The number of fused-ring (bicyclic) bond motifs is 2. The molecule has 1 aliphatic rings. The van der Waals surface area contributed by atoms with Gasteiger partial charge in [0.15, 0.2) is 11.5 Å². The highest BCUT2D eigenvalue weighted by Crippen LogP contribution is 2.32. The van der Waals surface area contributed by atoms with Crippen LogP contribution in [0.5, 0.6) is 11.5 Å². The van der Waals surface area contributed by atoms with Crippen molar-refractivity contribution in [3.05, 3.63) is 76.8 Å². The first kappa shape index (κ1) is 18.8. The van der Waals surface area contributed by atoms with Crippen LogP contribution in [0.25, 0.3) is 20.7 Å². The lowest BCUT2D eigenvalue weighted by molar-refractivity contribution is 0.0632. The van der Waals surface area contributed by atoms with Gasteiger partial charge in [-0.3, -0.25) is 9.69 Å². The van der Waals surface area contributed by atoms with E-state index < -0.39 is 0 Å². The number of aromatic nitrogens is 2. The Morgan fingerprint density at radius 1 is 1.13 bits per heavy atom. The van der Waals surface area contributed by atoms with E-state index in [1.165, 1.54) is 11.3 Å². The van der Waals surface area contributed by atoms with Crippen molar-refractivity contribution >= 4 is 21.6 Å². The van der Waals surface area contributed by atoms with E-state index in [1.54, 1.807) is 0 Å². The zero-order valence-electron chi connectivity index (χ0n) is 16.5. The first-order valence-corrected chi connectivity index (χ1v) is 10.6. The van der Waals surface area contributed by atoms with Gasteiger partial charge >= 0.3 is 0 Å². The lowest BCUT2D eigenvalue weighted by Gasteiger charge is -2.29. The van der Waals surface area contributed by atoms with Gasteiger partial charge in [-0.1, -0.05) is 42.5 Å². The zero-order chi connectivity index (χ0) is 20.5. The predicted molar refractivity (Wildman–Crippen MR) is 118 cm³/mol. The Hall–Kier alpha value is -3.16. The average molecular weight is 420 g/mol. The SMILES string of the molecule is CN(Cc1nc2sc(-c3ccccc3)cc2c(=O)[nH]1)C[C@H]1COc2ccccc2O1. The molecule has 7 heteroatoms. The van der Waals surface area contributed by atoms with Crippen molar-refractivity contribution in [2.75, 3.05) is 20.2 Å². The summed E-state index contributed by atoms with van der Waals surface area (Å²) in [7, 11) is 1.98. The second kappa shape index (κ2) is 7.93. The minimum Gasteiger partial charge on any atom is -0.486 e. The van der Waals surface area contributed by atoms with Crippen LogP contribution in [-0.4, -0.2) is 41.2 Å². The number of likely N-dealkylation sites (N-methyl/N-ethyl adjacent to an activating group) is 1. The molecule has 3 heterocycles. The van der Waals surface area contributed by atoms with Gasteiger partial charge in [-0.25, -0.2) is 4.98 Å². The van der Waals surface area contributed by atoms with Crippen LogP contribution in [0.2, 0.25) is 0 Å². The standard InChI is InChI=1S/C23H21N3O3S/c1-26(12-16-14-28-18-9-5-6-10-19(18)29-16)13-21-24-22(27)17-11-20(30-23(17)25-21)15-7-3-2-4-8-15/h2-11,16H,12-14H2,1H3,(H,24,25,27)/t16-/m0/s1. The monoisotopic (exact) mass is 419 g/mol. The number of thiophene rings is 1. The Labute approximate surface area is 177 Å². The van der Waals surface area contributed by atoms with Gasteiger partial charge in [0.1, 0.15) is 23.4 Å². The number of para-hydroxylation sites is 2. The zero-order valence-corrected chi connectivity index (χ0v) is 17.3. The fourth-order valence-electron chi connectivity index (χ4n) is 3.62. The Morgan fingerprint density at radius 2 is 1.90 bits per heavy atom. The van der Waals surface area contributed by atoms with E-state index >= 15 is 0 Å². The smallest absolute Gasteiger partial charge is 0.259 e. The van der Waals surface area contributed by atoms with Crippen molar-refractivity contribution in [2.45, 2.75) is 12.6 Å². The normalized spacial score (nSPS) is 15.6. The van der Waals surface area contributed by atoms with Crippen LogP contribution in [0.3, 0.4) is 0 Å². The highest BCUT2D eigenvalue weighted by Gasteiger charge is 2.22. The summed E-state index contributed by atoms with van der Waals surface area (Å²) in [4.78, 5) is 24.1. The third-order valence-corrected chi connectivity index (χ3v) is 6.09. The van der Waals surface area contributed by atoms with Gasteiger partial charge in [0.25, 0.3) is 5.56 Å². The minimum absolute atomic E-state index is 0.0771. The van der Waals surface area contributed by atoms with Gasteiger partial charge in [-0.2, -0.15) is 0 Å². The quantitative estimate of drug-likeness (QED) is 0.531. The number of nitrogens with one attached hydrogen (secondary N) is 1. The first-order chi connectivity index (χ1) is 14.7. The molecule has 0 amide bonds. The Kier molecular flexibility index (Phi) is 4.98. The predicted octanol–water partition coefficient (Wildman–Crippen LogP) is 3.92. The van der Waals surface area contributed by atoms with Gasteiger partial charge < -0.3 is 14.5 Å². The lowest BCUT2D eigenvalue weighted by Crippen LogP contribution is -2.39. The van der Waals surface area contributed by atoms with Crippen molar-refractivity contribution in [1.82, 2.24) is 14.9 Å². The number of rotatable bonds is 5. The Bertz CT molecular complexity index is 1240. The summed E-state index contributed by atoms with van der Waals surface area (Å²) in [6, 6.07) is 19.6. The summed E-state index contributed by atoms with van der Waals surface area (Å²) in [5, 5.41) is 0.630. The van der Waals surface area contributed by atoms with Crippen molar-refractivity contribution in [2.24, 2.45) is 0 Å². The molecule has 0 unspecified atom stereocenters. The van der Waals surface area contributed by atoms with E-state index in [0.29, 0.717) is 30.9 Å². The van der Waals surface area contributed by atoms with Gasteiger partial charge in [-0.05, 0) is 30.8 Å². The Morgan fingerprint density at radius 3 is 2.73 bits per heavy atom. The van der Waals surface area contributed by atoms with E-state index in [2.05, 4.69) is 9.88 Å². The second-order valence-electron chi connectivity index (χ2n) is 7.40. The Balaban J connectivity index is 1.31. The van der Waals surface area contributed by atoms with Crippen LogP contribution in [0.15, 0.2) is 65.5 Å². The molecule has 30 heavy (non-hydrogen) atoms.